The van der Waals surface area contributed by atoms with Crippen molar-refractivity contribution in [2.24, 2.45) is 0 Å². The van der Waals surface area contributed by atoms with Gasteiger partial charge in [0.2, 0.25) is 10.0 Å². The highest BCUT2D eigenvalue weighted by Gasteiger charge is 2.24. The van der Waals surface area contributed by atoms with E-state index in [0.717, 1.165) is 0 Å². The van der Waals surface area contributed by atoms with Crippen LogP contribution in [0.15, 0.2) is 52.3 Å². The summed E-state index contributed by atoms with van der Waals surface area (Å²) in [5.41, 5.74) is 0.436. The van der Waals surface area contributed by atoms with Crippen LogP contribution in [0.4, 0.5) is 0 Å². The fraction of sp³-hybridized carbons (Fsp3) is 0.381. The molecule has 2 aromatic heterocycles. The van der Waals surface area contributed by atoms with Crippen LogP contribution in [-0.4, -0.2) is 59.6 Å². The molecule has 0 aliphatic carbocycles. The Kier molecular flexibility index (Phi) is 7.31. The van der Waals surface area contributed by atoms with Gasteiger partial charge in [-0.2, -0.15) is 4.31 Å². The molecule has 3 rings (SSSR count). The van der Waals surface area contributed by atoms with Crippen LogP contribution >= 0.6 is 0 Å². The lowest BCUT2D eigenvalue weighted by molar-refractivity contribution is 0.0949. The molecule has 0 spiro atoms. The Hall–Kier alpha value is -3.18. The normalized spacial score (nSPS) is 11.8. The lowest BCUT2D eigenvalue weighted by atomic mass is 10.2. The molecule has 0 atom stereocenters. The zero-order chi connectivity index (χ0) is 23.3. The van der Waals surface area contributed by atoms with Gasteiger partial charge in [0, 0.05) is 32.4 Å². The van der Waals surface area contributed by atoms with Crippen molar-refractivity contribution in [1.82, 2.24) is 23.8 Å². The molecule has 0 radical (unpaired) electrons. The van der Waals surface area contributed by atoms with Gasteiger partial charge >= 0.3 is 5.69 Å². The van der Waals surface area contributed by atoms with Gasteiger partial charge in [-0.05, 0) is 36.8 Å². The lowest BCUT2D eigenvalue weighted by Crippen LogP contribution is -2.31. The molecule has 0 aliphatic heterocycles. The van der Waals surface area contributed by atoms with Gasteiger partial charge in [-0.1, -0.05) is 19.9 Å². The lowest BCUT2D eigenvalue weighted by Gasteiger charge is -2.19. The van der Waals surface area contributed by atoms with Gasteiger partial charge in [-0.25, -0.2) is 17.9 Å². The highest BCUT2D eigenvalue weighted by Crippen LogP contribution is 2.24. The number of methoxy groups -OCH3 is 1. The number of benzene rings is 1. The molecule has 0 unspecified atom stereocenters. The third kappa shape index (κ3) is 4.68. The highest BCUT2D eigenvalue weighted by molar-refractivity contribution is 7.89. The summed E-state index contributed by atoms with van der Waals surface area (Å²) in [5, 5.41) is 7.00. The first kappa shape index (κ1) is 23.5. The maximum atomic E-state index is 12.8. The van der Waals surface area contributed by atoms with Gasteiger partial charge in [0.15, 0.2) is 5.65 Å². The number of carbonyl (C=O) groups excluding carboxylic acids is 1. The number of nitrogens with one attached hydrogen (secondary N) is 1. The number of sulfonamides is 1. The Morgan fingerprint density at radius 2 is 1.94 bits per heavy atom. The van der Waals surface area contributed by atoms with Crippen LogP contribution in [0.3, 0.4) is 0 Å². The average Bonchev–Trinajstić information content (AvgIpc) is 3.12. The fourth-order valence-electron chi connectivity index (χ4n) is 3.38. The van der Waals surface area contributed by atoms with E-state index in [1.807, 2.05) is 0 Å². The van der Waals surface area contributed by atoms with E-state index in [4.69, 9.17) is 4.74 Å². The summed E-state index contributed by atoms with van der Waals surface area (Å²) in [4.78, 5) is 25.1. The second-order valence-corrected chi connectivity index (χ2v) is 8.93. The number of amides is 1. The van der Waals surface area contributed by atoms with E-state index in [1.54, 1.807) is 38.2 Å². The third-order valence-corrected chi connectivity index (χ3v) is 7.13. The van der Waals surface area contributed by atoms with E-state index in [1.165, 1.54) is 38.7 Å². The van der Waals surface area contributed by atoms with Crippen LogP contribution < -0.4 is 15.7 Å². The maximum Gasteiger partial charge on any atom is 0.350 e. The summed E-state index contributed by atoms with van der Waals surface area (Å²) >= 11 is 0. The van der Waals surface area contributed by atoms with Gasteiger partial charge in [-0.15, -0.1) is 5.10 Å². The number of rotatable bonds is 10. The number of hydrogen-bond donors (Lipinski definition) is 1. The van der Waals surface area contributed by atoms with E-state index in [2.05, 4.69) is 10.4 Å². The molecule has 3 aromatic rings. The Labute approximate surface area is 186 Å². The minimum absolute atomic E-state index is 0.0309. The van der Waals surface area contributed by atoms with Crippen LogP contribution in [0.5, 0.6) is 5.75 Å². The molecule has 0 fully saturated rings. The third-order valence-electron chi connectivity index (χ3n) is 5.08. The van der Waals surface area contributed by atoms with Gasteiger partial charge in [0.05, 0.1) is 17.6 Å². The van der Waals surface area contributed by atoms with E-state index < -0.39 is 15.9 Å². The topological polar surface area (TPSA) is 115 Å². The quantitative estimate of drug-likeness (QED) is 0.456. The molecule has 1 N–H and O–H groups in total. The van der Waals surface area contributed by atoms with Crippen LogP contribution in [-0.2, 0) is 16.6 Å². The van der Waals surface area contributed by atoms with E-state index in [9.17, 15) is 18.0 Å². The number of carbonyl (C=O) groups is 1. The molecule has 32 heavy (non-hydrogen) atoms. The number of ether oxygens (including phenoxy) is 1. The predicted molar refractivity (Wildman–Crippen MR) is 120 cm³/mol. The monoisotopic (exact) mass is 461 g/mol. The SMILES string of the molecule is CCN(CC)S(=O)(=O)c1ccc(OC)c(C(=O)NCCCn2nc3ccccn3c2=O)c1. The Bertz CT molecular complexity index is 1260. The first-order valence-corrected chi connectivity index (χ1v) is 11.8. The molecular weight excluding hydrogens is 434 g/mol. The average molecular weight is 462 g/mol. The first-order chi connectivity index (χ1) is 15.3. The number of nitrogens with zero attached hydrogens (tertiary/aromatic N) is 4. The van der Waals surface area contributed by atoms with Crippen LogP contribution in [0.2, 0.25) is 0 Å². The van der Waals surface area contributed by atoms with Crippen LogP contribution in [0.1, 0.15) is 30.6 Å². The predicted octanol–water partition coefficient (Wildman–Crippen LogP) is 1.36. The molecule has 172 valence electrons. The summed E-state index contributed by atoms with van der Waals surface area (Å²) in [5.74, 6) is -0.182. The molecule has 0 saturated heterocycles. The van der Waals surface area contributed by atoms with Crippen molar-refractivity contribution < 1.29 is 17.9 Å². The molecule has 2 heterocycles. The highest BCUT2D eigenvalue weighted by atomic mass is 32.2. The largest absolute Gasteiger partial charge is 0.496 e. The molecular formula is C21H27N5O5S. The van der Waals surface area contributed by atoms with Gasteiger partial charge in [0.1, 0.15) is 5.75 Å². The number of hydrogen-bond acceptors (Lipinski definition) is 6. The standard InChI is InChI=1S/C21H27N5O5S/c1-4-24(5-2)32(29,30)16-10-11-18(31-3)17(15-16)20(27)22-12-8-14-26-21(28)25-13-7-6-9-19(25)23-26/h6-7,9-11,13,15H,4-5,8,12,14H2,1-3H3,(H,22,27). The molecule has 10 nitrogen and oxygen atoms in total. The van der Waals surface area contributed by atoms with E-state index >= 15 is 0 Å². The fourth-order valence-corrected chi connectivity index (χ4v) is 4.86. The summed E-state index contributed by atoms with van der Waals surface area (Å²) in [7, 11) is -2.29. The van der Waals surface area contributed by atoms with Gasteiger partial charge in [-0.3, -0.25) is 9.20 Å². The second-order valence-electron chi connectivity index (χ2n) is 7.00. The zero-order valence-electron chi connectivity index (χ0n) is 18.3. The molecule has 0 saturated carbocycles. The Balaban J connectivity index is 1.70. The summed E-state index contributed by atoms with van der Waals surface area (Å²) in [6.45, 7) is 4.77. The number of fused-ring (bicyclic) bond motifs is 1. The number of aryl methyl sites for hydroxylation is 1. The number of pyridine rings is 1. The molecule has 1 aromatic carbocycles. The minimum Gasteiger partial charge on any atom is -0.496 e. The summed E-state index contributed by atoms with van der Waals surface area (Å²) < 4.78 is 35.0. The van der Waals surface area contributed by atoms with Gasteiger partial charge < -0.3 is 10.1 Å². The molecule has 11 heteroatoms. The van der Waals surface area contributed by atoms with Crippen molar-refractivity contribution in [1.29, 1.82) is 0 Å². The Morgan fingerprint density at radius 3 is 2.59 bits per heavy atom. The van der Waals surface area contributed by atoms with E-state index in [0.29, 0.717) is 31.7 Å². The maximum absolute atomic E-state index is 12.8. The zero-order valence-corrected chi connectivity index (χ0v) is 19.1. The van der Waals surface area contributed by atoms with Crippen molar-refractivity contribution in [3.8, 4) is 5.75 Å². The second kappa shape index (κ2) is 9.96. The first-order valence-electron chi connectivity index (χ1n) is 10.3. The van der Waals surface area contributed by atoms with Crippen molar-refractivity contribution in [2.75, 3.05) is 26.7 Å². The molecule has 0 bridgehead atoms. The van der Waals surface area contributed by atoms with Crippen LogP contribution in [0, 0.1) is 0 Å². The molecule has 0 aliphatic rings. The number of aromatic nitrogens is 3. The minimum atomic E-state index is -3.71. The van der Waals surface area contributed by atoms with Crippen molar-refractivity contribution >= 4 is 21.6 Å². The molecule has 1 amide bonds. The van der Waals surface area contributed by atoms with Crippen molar-refractivity contribution in [2.45, 2.75) is 31.7 Å². The Morgan fingerprint density at radius 1 is 1.19 bits per heavy atom. The summed E-state index contributed by atoms with van der Waals surface area (Å²) in [6, 6.07) is 9.52. The van der Waals surface area contributed by atoms with Crippen molar-refractivity contribution in [3.63, 3.8) is 0 Å². The van der Waals surface area contributed by atoms with Gasteiger partial charge in [0.25, 0.3) is 5.91 Å². The smallest absolute Gasteiger partial charge is 0.350 e. The van der Waals surface area contributed by atoms with Crippen LogP contribution in [0.25, 0.3) is 5.65 Å². The van der Waals surface area contributed by atoms with Crippen molar-refractivity contribution in [3.05, 3.63) is 58.6 Å². The summed E-state index contributed by atoms with van der Waals surface area (Å²) in [6.07, 6.45) is 2.11. The van der Waals surface area contributed by atoms with E-state index in [-0.39, 0.29) is 28.4 Å².